The Hall–Kier alpha value is 0.450. The molecule has 0 bridgehead atoms. The lowest BCUT2D eigenvalue weighted by atomic mass is 10.2. The van der Waals surface area contributed by atoms with Crippen LogP contribution < -0.4 is 0 Å². The smallest absolute Gasteiger partial charge is 0.221 e. The van der Waals surface area contributed by atoms with Crippen molar-refractivity contribution in [2.75, 3.05) is 78.5 Å². The minimum absolute atomic E-state index is 1.19. The summed E-state index contributed by atoms with van der Waals surface area (Å²) in [6.07, 6.45) is 32.3. The lowest BCUT2D eigenvalue weighted by Crippen LogP contribution is -2.40. The molecule has 0 aromatic rings. The third-order valence-electron chi connectivity index (χ3n) is 12.5. The standard InChI is InChI=1S/C36H72N9P3/c1-2-14-26-40(25-13-1)46(41-27-15-3-4-16-28-41)37-47(42-29-17-5-6-18-30-42,43-31-19-7-8-20-32-43)39-48(38-46,44-33-21-9-10-22-34-44)45-35-23-11-12-24-36-45/h1-36H2. The second kappa shape index (κ2) is 18.0. The van der Waals surface area contributed by atoms with Crippen LogP contribution in [-0.2, 0) is 0 Å². The van der Waals surface area contributed by atoms with E-state index in [9.17, 15) is 0 Å². The van der Waals surface area contributed by atoms with Crippen molar-refractivity contribution in [2.45, 2.75) is 154 Å². The quantitative estimate of drug-likeness (QED) is 0.254. The normalized spacial score (nSPS) is 31.8. The maximum absolute atomic E-state index is 6.71. The molecule has 0 N–H and O–H groups in total. The molecule has 9 nitrogen and oxygen atoms in total. The monoisotopic (exact) mass is 724 g/mol. The third-order valence-corrected chi connectivity index (χ3v) is 25.2. The van der Waals surface area contributed by atoms with E-state index in [1.807, 2.05) is 0 Å². The van der Waals surface area contributed by atoms with Crippen LogP contribution in [0.5, 0.6) is 0 Å². The molecule has 7 rings (SSSR count). The first kappa shape index (κ1) is 36.8. The fourth-order valence-corrected chi connectivity index (χ4v) is 26.4. The zero-order valence-electron chi connectivity index (χ0n) is 30.8. The van der Waals surface area contributed by atoms with Gasteiger partial charge in [0.1, 0.15) is 0 Å². The van der Waals surface area contributed by atoms with E-state index in [1.54, 1.807) is 0 Å². The van der Waals surface area contributed by atoms with E-state index in [0.717, 1.165) is 0 Å². The first-order valence-electron chi connectivity index (χ1n) is 21.2. The van der Waals surface area contributed by atoms with Gasteiger partial charge in [0.2, 0.25) is 22.5 Å². The fourth-order valence-electron chi connectivity index (χ4n) is 9.69. The van der Waals surface area contributed by atoms with Gasteiger partial charge in [-0.05, 0) is 77.0 Å². The van der Waals surface area contributed by atoms with Crippen molar-refractivity contribution >= 4 is 22.5 Å². The van der Waals surface area contributed by atoms with E-state index in [2.05, 4.69) is 28.0 Å². The van der Waals surface area contributed by atoms with Crippen LogP contribution in [0.15, 0.2) is 13.5 Å². The van der Waals surface area contributed by atoms with Gasteiger partial charge in [0.25, 0.3) is 0 Å². The van der Waals surface area contributed by atoms with E-state index in [-0.39, 0.29) is 0 Å². The number of rotatable bonds is 6. The van der Waals surface area contributed by atoms with E-state index in [4.69, 9.17) is 13.5 Å². The highest BCUT2D eigenvalue weighted by atomic mass is 31.3. The molecule has 12 heteroatoms. The molecule has 0 amide bonds. The van der Waals surface area contributed by atoms with Crippen molar-refractivity contribution in [1.82, 2.24) is 28.0 Å². The predicted molar refractivity (Wildman–Crippen MR) is 208 cm³/mol. The van der Waals surface area contributed by atoms with Crippen LogP contribution in [-0.4, -0.2) is 107 Å². The van der Waals surface area contributed by atoms with Crippen LogP contribution in [0.3, 0.4) is 0 Å². The van der Waals surface area contributed by atoms with Gasteiger partial charge in [-0.15, -0.1) is 0 Å². The molecule has 7 aliphatic rings. The Bertz CT molecular complexity index is 914. The van der Waals surface area contributed by atoms with Crippen molar-refractivity contribution in [3.63, 3.8) is 0 Å². The Morgan fingerprint density at radius 1 is 0.188 bits per heavy atom. The van der Waals surface area contributed by atoms with Gasteiger partial charge in [0.05, 0.1) is 0 Å². The van der Waals surface area contributed by atoms with Gasteiger partial charge in [0, 0.05) is 78.5 Å². The third kappa shape index (κ3) is 8.16. The van der Waals surface area contributed by atoms with E-state index < -0.39 is 22.5 Å². The molecular formula is C36H72N9P3. The van der Waals surface area contributed by atoms with Crippen molar-refractivity contribution in [1.29, 1.82) is 0 Å². The number of hydrogen-bond acceptors (Lipinski definition) is 9. The van der Waals surface area contributed by atoms with Gasteiger partial charge in [-0.3, -0.25) is 0 Å². The lowest BCUT2D eigenvalue weighted by molar-refractivity contribution is 0.365. The average Bonchev–Trinajstić information content (AvgIpc) is 3.84. The molecule has 6 fully saturated rings. The second-order valence-electron chi connectivity index (χ2n) is 16.1. The molecule has 0 atom stereocenters. The van der Waals surface area contributed by atoms with Crippen molar-refractivity contribution in [3.8, 4) is 0 Å². The fraction of sp³-hybridized carbons (Fsp3) is 1.00. The maximum Gasteiger partial charge on any atom is 0.221 e. The van der Waals surface area contributed by atoms with Gasteiger partial charge < -0.3 is 0 Å². The summed E-state index contributed by atoms with van der Waals surface area (Å²) >= 11 is 0. The Morgan fingerprint density at radius 3 is 0.438 bits per heavy atom. The van der Waals surface area contributed by atoms with Crippen LogP contribution in [0, 0.1) is 0 Å². The molecule has 7 heterocycles. The van der Waals surface area contributed by atoms with E-state index in [0.29, 0.717) is 0 Å². The summed E-state index contributed by atoms with van der Waals surface area (Å²) in [4.78, 5) is 0. The molecule has 0 spiro atoms. The minimum atomic E-state index is -2.41. The molecule has 276 valence electrons. The lowest BCUT2D eigenvalue weighted by Gasteiger charge is -2.53. The molecule has 0 unspecified atom stereocenters. The summed E-state index contributed by atoms with van der Waals surface area (Å²) < 4.78 is 38.1. The average molecular weight is 724 g/mol. The minimum Gasteiger partial charge on any atom is -0.240 e. The van der Waals surface area contributed by atoms with Crippen LogP contribution in [0.2, 0.25) is 0 Å². The van der Waals surface area contributed by atoms with Crippen LogP contribution in [0.4, 0.5) is 0 Å². The predicted octanol–water partition coefficient (Wildman–Crippen LogP) is 11.1. The molecule has 6 saturated heterocycles. The first-order valence-corrected chi connectivity index (χ1v) is 26.0. The Morgan fingerprint density at radius 2 is 0.312 bits per heavy atom. The van der Waals surface area contributed by atoms with Crippen molar-refractivity contribution < 1.29 is 0 Å². The summed E-state index contributed by atoms with van der Waals surface area (Å²) in [5, 5.41) is 0. The highest BCUT2D eigenvalue weighted by Crippen LogP contribution is 2.84. The van der Waals surface area contributed by atoms with Gasteiger partial charge in [0.15, 0.2) is 0 Å². The summed E-state index contributed by atoms with van der Waals surface area (Å²) in [5.41, 5.74) is 0. The molecule has 0 aliphatic carbocycles. The van der Waals surface area contributed by atoms with Gasteiger partial charge in [-0.25, -0.2) is 28.0 Å². The summed E-state index contributed by atoms with van der Waals surface area (Å²) in [6.45, 7) is 14.3. The van der Waals surface area contributed by atoms with Crippen molar-refractivity contribution in [3.05, 3.63) is 0 Å². The SMILES string of the molecule is C1CCCN(P2(N3CCCCCC3)=NP(N3CCCCCC3)(N3CCCCCC3)=NP(N3CCCCCC3)(N3CCCCCC3)=N2)CC1. The maximum atomic E-state index is 6.71. The van der Waals surface area contributed by atoms with Crippen LogP contribution in [0.1, 0.15) is 154 Å². The van der Waals surface area contributed by atoms with Gasteiger partial charge in [-0.1, -0.05) is 77.0 Å². The second-order valence-corrected chi connectivity index (χ2v) is 24.8. The Labute approximate surface area is 296 Å². The van der Waals surface area contributed by atoms with Crippen molar-refractivity contribution in [2.24, 2.45) is 13.5 Å². The summed E-state index contributed by atoms with van der Waals surface area (Å²) in [7, 11) is -7.22. The van der Waals surface area contributed by atoms with Gasteiger partial charge in [-0.2, -0.15) is 13.5 Å². The van der Waals surface area contributed by atoms with Crippen LogP contribution >= 0.6 is 22.5 Å². The number of hydrogen-bond donors (Lipinski definition) is 0. The highest BCUT2D eigenvalue weighted by Gasteiger charge is 2.51. The zero-order chi connectivity index (χ0) is 32.5. The summed E-state index contributed by atoms with van der Waals surface area (Å²) in [6, 6.07) is 0. The molecule has 48 heavy (non-hydrogen) atoms. The number of nitrogens with zero attached hydrogens (tertiary/aromatic N) is 9. The zero-order valence-corrected chi connectivity index (χ0v) is 33.5. The molecule has 0 aromatic carbocycles. The first-order chi connectivity index (χ1) is 23.8. The molecule has 0 radical (unpaired) electrons. The molecule has 0 aromatic heterocycles. The molecule has 0 saturated carbocycles. The van der Waals surface area contributed by atoms with Crippen LogP contribution in [0.25, 0.3) is 0 Å². The van der Waals surface area contributed by atoms with E-state index >= 15 is 0 Å². The molecule has 7 aliphatic heterocycles. The topological polar surface area (TPSA) is 56.5 Å². The van der Waals surface area contributed by atoms with E-state index in [1.165, 1.54) is 233 Å². The Kier molecular flexibility index (Phi) is 13.8. The Balaban J connectivity index is 1.56. The van der Waals surface area contributed by atoms with Gasteiger partial charge >= 0.3 is 0 Å². The highest BCUT2D eigenvalue weighted by molar-refractivity contribution is 7.83. The largest absolute Gasteiger partial charge is 0.240 e. The summed E-state index contributed by atoms with van der Waals surface area (Å²) in [5.74, 6) is 0. The molecular weight excluding hydrogens is 651 g/mol.